The summed E-state index contributed by atoms with van der Waals surface area (Å²) in [6, 6.07) is 13.8. The van der Waals surface area contributed by atoms with Crippen molar-refractivity contribution in [2.75, 3.05) is 43.4 Å². The van der Waals surface area contributed by atoms with Crippen LogP contribution in [0.4, 0.5) is 11.4 Å². The van der Waals surface area contributed by atoms with Gasteiger partial charge in [-0.1, -0.05) is 0 Å². The second-order valence-corrected chi connectivity index (χ2v) is 6.60. The van der Waals surface area contributed by atoms with Crippen LogP contribution in [0.1, 0.15) is 17.3 Å². The number of piperazine rings is 1. The van der Waals surface area contributed by atoms with Gasteiger partial charge in [-0.3, -0.25) is 19.3 Å². The van der Waals surface area contributed by atoms with E-state index in [1.54, 1.807) is 53.4 Å². The van der Waals surface area contributed by atoms with Crippen LogP contribution >= 0.6 is 0 Å². The number of carbonyl (C=O) groups is 3. The average Bonchev–Trinajstić information content (AvgIpc) is 2.70. The van der Waals surface area contributed by atoms with Crippen molar-refractivity contribution < 1.29 is 19.1 Å². The highest BCUT2D eigenvalue weighted by Gasteiger charge is 2.18. The number of benzene rings is 2. The molecule has 1 aliphatic heterocycles. The minimum Gasteiger partial charge on any atom is -0.494 e. The van der Waals surface area contributed by atoms with Crippen molar-refractivity contribution in [2.45, 2.75) is 6.92 Å². The van der Waals surface area contributed by atoms with Crippen molar-refractivity contribution >= 4 is 29.1 Å². The van der Waals surface area contributed by atoms with E-state index in [1.807, 2.05) is 6.92 Å². The molecule has 8 nitrogen and oxygen atoms in total. The Morgan fingerprint density at radius 3 is 2.34 bits per heavy atom. The van der Waals surface area contributed by atoms with Crippen LogP contribution in [0.25, 0.3) is 0 Å². The molecule has 152 valence electrons. The van der Waals surface area contributed by atoms with Gasteiger partial charge in [0.25, 0.3) is 5.91 Å². The summed E-state index contributed by atoms with van der Waals surface area (Å²) in [5, 5.41) is 8.32. The summed E-state index contributed by atoms with van der Waals surface area (Å²) in [6.07, 6.45) is 0. The van der Waals surface area contributed by atoms with E-state index in [9.17, 15) is 14.4 Å². The van der Waals surface area contributed by atoms with Crippen LogP contribution in [0, 0.1) is 0 Å². The molecule has 1 fully saturated rings. The number of nitrogens with zero attached hydrogens (tertiary/aromatic N) is 1. The Morgan fingerprint density at radius 2 is 1.69 bits per heavy atom. The Bertz CT molecular complexity index is 865. The van der Waals surface area contributed by atoms with Crippen LogP contribution in [-0.2, 0) is 9.59 Å². The Kier molecular flexibility index (Phi) is 6.80. The topological polar surface area (TPSA) is 99.8 Å². The van der Waals surface area contributed by atoms with Gasteiger partial charge in [-0.05, 0) is 55.5 Å². The first-order chi connectivity index (χ1) is 14.0. The van der Waals surface area contributed by atoms with Crippen molar-refractivity contribution in [3.63, 3.8) is 0 Å². The van der Waals surface area contributed by atoms with Gasteiger partial charge in [0.15, 0.2) is 0 Å². The van der Waals surface area contributed by atoms with Crippen molar-refractivity contribution in [2.24, 2.45) is 0 Å². The third-order valence-corrected chi connectivity index (χ3v) is 4.34. The highest BCUT2D eigenvalue weighted by Crippen LogP contribution is 2.17. The summed E-state index contributed by atoms with van der Waals surface area (Å²) in [6.45, 7) is 4.05. The monoisotopic (exact) mass is 396 g/mol. The van der Waals surface area contributed by atoms with Gasteiger partial charge in [-0.2, -0.15) is 0 Å². The van der Waals surface area contributed by atoms with E-state index in [-0.39, 0.29) is 30.8 Å². The maximum atomic E-state index is 12.4. The Balaban J connectivity index is 1.51. The predicted octanol–water partition coefficient (Wildman–Crippen LogP) is 1.71. The van der Waals surface area contributed by atoms with Crippen molar-refractivity contribution in [3.8, 4) is 5.75 Å². The summed E-state index contributed by atoms with van der Waals surface area (Å²) in [7, 11) is 0. The maximum absolute atomic E-state index is 12.4. The highest BCUT2D eigenvalue weighted by atomic mass is 16.5. The number of hydrogen-bond acceptors (Lipinski definition) is 5. The molecule has 0 unspecified atom stereocenters. The third kappa shape index (κ3) is 6.05. The Morgan fingerprint density at radius 1 is 1.03 bits per heavy atom. The maximum Gasteiger partial charge on any atom is 0.255 e. The van der Waals surface area contributed by atoms with Crippen LogP contribution < -0.4 is 20.7 Å². The first-order valence-corrected chi connectivity index (χ1v) is 9.46. The minimum absolute atomic E-state index is 0.0769. The van der Waals surface area contributed by atoms with Gasteiger partial charge < -0.3 is 20.7 Å². The Hall–Kier alpha value is -3.39. The second kappa shape index (κ2) is 9.70. The fourth-order valence-corrected chi connectivity index (χ4v) is 2.94. The average molecular weight is 396 g/mol. The Labute approximate surface area is 169 Å². The van der Waals surface area contributed by atoms with E-state index in [4.69, 9.17) is 4.74 Å². The molecule has 3 rings (SSSR count). The van der Waals surface area contributed by atoms with Gasteiger partial charge in [0.1, 0.15) is 5.75 Å². The zero-order valence-corrected chi connectivity index (χ0v) is 16.2. The highest BCUT2D eigenvalue weighted by molar-refractivity contribution is 6.04. The first kappa shape index (κ1) is 20.3. The number of hydrogen-bond donors (Lipinski definition) is 3. The van der Waals surface area contributed by atoms with Crippen molar-refractivity contribution in [1.29, 1.82) is 0 Å². The van der Waals surface area contributed by atoms with Crippen LogP contribution in [0.15, 0.2) is 48.5 Å². The number of amides is 3. The summed E-state index contributed by atoms with van der Waals surface area (Å²) < 4.78 is 5.38. The van der Waals surface area contributed by atoms with Gasteiger partial charge in [0, 0.05) is 30.0 Å². The van der Waals surface area contributed by atoms with Gasteiger partial charge in [-0.25, -0.2) is 0 Å². The van der Waals surface area contributed by atoms with Crippen LogP contribution in [0.5, 0.6) is 5.75 Å². The van der Waals surface area contributed by atoms with Crippen LogP contribution in [0.3, 0.4) is 0 Å². The fourth-order valence-electron chi connectivity index (χ4n) is 2.94. The summed E-state index contributed by atoms with van der Waals surface area (Å²) in [4.78, 5) is 37.7. The molecule has 8 heteroatoms. The van der Waals surface area contributed by atoms with E-state index in [0.717, 1.165) is 5.75 Å². The summed E-state index contributed by atoms with van der Waals surface area (Å²) in [5.74, 6) is 0.223. The lowest BCUT2D eigenvalue weighted by molar-refractivity contribution is -0.125. The first-order valence-electron chi connectivity index (χ1n) is 9.46. The van der Waals surface area contributed by atoms with Crippen LogP contribution in [-0.4, -0.2) is 55.4 Å². The molecule has 0 spiro atoms. The van der Waals surface area contributed by atoms with Gasteiger partial charge in [0.2, 0.25) is 11.8 Å². The van der Waals surface area contributed by atoms with Crippen molar-refractivity contribution in [3.05, 3.63) is 54.1 Å². The van der Waals surface area contributed by atoms with Gasteiger partial charge >= 0.3 is 0 Å². The van der Waals surface area contributed by atoms with E-state index < -0.39 is 0 Å². The zero-order valence-electron chi connectivity index (χ0n) is 16.2. The van der Waals surface area contributed by atoms with Gasteiger partial charge in [0.05, 0.1) is 19.7 Å². The molecule has 0 bridgehead atoms. The van der Waals surface area contributed by atoms with Crippen LogP contribution in [0.2, 0.25) is 0 Å². The molecule has 29 heavy (non-hydrogen) atoms. The molecule has 3 amide bonds. The molecular formula is C21H24N4O4. The summed E-state index contributed by atoms with van der Waals surface area (Å²) >= 11 is 0. The summed E-state index contributed by atoms with van der Waals surface area (Å²) in [5.41, 5.74) is 1.74. The molecule has 0 radical (unpaired) electrons. The molecule has 2 aromatic rings. The quantitative estimate of drug-likeness (QED) is 0.662. The number of rotatable bonds is 7. The molecule has 1 saturated heterocycles. The molecular weight excluding hydrogens is 372 g/mol. The number of anilines is 2. The normalized spacial score (nSPS) is 14.0. The second-order valence-electron chi connectivity index (χ2n) is 6.60. The molecule has 1 aliphatic rings. The number of ether oxygens (including phenoxy) is 1. The lowest BCUT2D eigenvalue weighted by Gasteiger charge is -2.25. The zero-order chi connectivity index (χ0) is 20.6. The molecule has 0 aromatic heterocycles. The van der Waals surface area contributed by atoms with E-state index >= 15 is 0 Å². The number of nitrogens with one attached hydrogen (secondary N) is 3. The molecule has 0 atom stereocenters. The van der Waals surface area contributed by atoms with E-state index in [0.29, 0.717) is 36.6 Å². The fraction of sp³-hybridized carbons (Fsp3) is 0.286. The van der Waals surface area contributed by atoms with Crippen molar-refractivity contribution in [1.82, 2.24) is 10.2 Å². The number of carbonyl (C=O) groups excluding carboxylic acids is 3. The predicted molar refractivity (Wildman–Crippen MR) is 110 cm³/mol. The molecule has 3 N–H and O–H groups in total. The molecule has 2 aromatic carbocycles. The molecule has 0 aliphatic carbocycles. The molecule has 0 saturated carbocycles. The van der Waals surface area contributed by atoms with E-state index in [1.165, 1.54) is 0 Å². The smallest absolute Gasteiger partial charge is 0.255 e. The SMILES string of the molecule is CCOc1ccc(NC(=O)c2ccc(NC(=O)CN3CCNC(=O)C3)cc2)cc1. The third-order valence-electron chi connectivity index (χ3n) is 4.34. The van der Waals surface area contributed by atoms with Gasteiger partial charge in [-0.15, -0.1) is 0 Å². The standard InChI is InChI=1S/C21H24N4O4/c1-2-29-18-9-7-17(8-10-18)24-21(28)15-3-5-16(6-4-15)23-20(27)14-25-12-11-22-19(26)13-25/h3-10H,2,11-14H2,1H3,(H,22,26)(H,23,27)(H,24,28). The van der Waals surface area contributed by atoms with E-state index in [2.05, 4.69) is 16.0 Å². The lowest BCUT2D eigenvalue weighted by Crippen LogP contribution is -2.49. The largest absolute Gasteiger partial charge is 0.494 e. The lowest BCUT2D eigenvalue weighted by atomic mass is 10.2. The molecule has 1 heterocycles. The minimum atomic E-state index is -0.244.